The van der Waals surface area contributed by atoms with Crippen LogP contribution in [-0.2, 0) is 4.79 Å². The zero-order chi connectivity index (χ0) is 9.84. The quantitative estimate of drug-likeness (QED) is 0.737. The molecule has 1 N–H and O–H groups in total. The lowest BCUT2D eigenvalue weighted by molar-refractivity contribution is -0.120. The fourth-order valence-electron chi connectivity index (χ4n) is 0.959. The van der Waals surface area contributed by atoms with E-state index in [2.05, 4.69) is 19.2 Å². The van der Waals surface area contributed by atoms with E-state index in [0.717, 1.165) is 5.75 Å². The van der Waals surface area contributed by atoms with Crippen LogP contribution in [0.5, 0.6) is 0 Å². The van der Waals surface area contributed by atoms with Crippen LogP contribution in [0.15, 0.2) is 0 Å². The van der Waals surface area contributed by atoms with Crippen molar-refractivity contribution in [1.82, 2.24) is 5.32 Å². The zero-order valence-electron chi connectivity index (χ0n) is 8.67. The fraction of sp³-hybridized carbons (Fsp3) is 0.900. The van der Waals surface area contributed by atoms with Crippen LogP contribution in [0.1, 0.15) is 33.6 Å². The van der Waals surface area contributed by atoms with Crippen LogP contribution in [0.25, 0.3) is 0 Å². The summed E-state index contributed by atoms with van der Waals surface area (Å²) in [7, 11) is 0. The molecular formula is C10H19NOS. The number of carbonyl (C=O) groups is 1. The van der Waals surface area contributed by atoms with E-state index < -0.39 is 0 Å². The normalized spacial score (nSPS) is 18.8. The minimum Gasteiger partial charge on any atom is -0.352 e. The molecule has 1 amide bonds. The smallest absolute Gasteiger partial charge is 0.233 e. The second-order valence-corrected chi connectivity index (χ2v) is 5.53. The van der Waals surface area contributed by atoms with Crippen LogP contribution in [0.2, 0.25) is 0 Å². The molecule has 1 aliphatic carbocycles. The van der Waals surface area contributed by atoms with Gasteiger partial charge < -0.3 is 5.32 Å². The molecule has 0 radical (unpaired) electrons. The molecule has 1 atom stereocenters. The molecule has 2 nitrogen and oxygen atoms in total. The number of rotatable bonds is 5. The summed E-state index contributed by atoms with van der Waals surface area (Å²) in [6.45, 7) is 6.35. The van der Waals surface area contributed by atoms with Gasteiger partial charge in [-0.3, -0.25) is 4.79 Å². The highest BCUT2D eigenvalue weighted by Gasteiger charge is 2.25. The fourth-order valence-corrected chi connectivity index (χ4v) is 1.85. The highest BCUT2D eigenvalue weighted by molar-refractivity contribution is 8.00. The van der Waals surface area contributed by atoms with Gasteiger partial charge in [-0.1, -0.05) is 13.8 Å². The average molecular weight is 201 g/mol. The summed E-state index contributed by atoms with van der Waals surface area (Å²) in [6, 6.07) is 0.495. The summed E-state index contributed by atoms with van der Waals surface area (Å²) in [5.74, 6) is 1.95. The molecule has 1 saturated carbocycles. The van der Waals surface area contributed by atoms with Crippen LogP contribution in [0, 0.1) is 5.92 Å². The van der Waals surface area contributed by atoms with Crippen LogP contribution in [0.4, 0.5) is 0 Å². The molecule has 1 rings (SSSR count). The van der Waals surface area contributed by atoms with Gasteiger partial charge in [0.05, 0.1) is 5.25 Å². The Morgan fingerprint density at radius 3 is 2.54 bits per heavy atom. The topological polar surface area (TPSA) is 29.1 Å². The van der Waals surface area contributed by atoms with Crippen LogP contribution < -0.4 is 5.32 Å². The summed E-state index contributed by atoms with van der Waals surface area (Å²) in [4.78, 5) is 11.5. The average Bonchev–Trinajstić information content (AvgIpc) is 2.83. The highest BCUT2D eigenvalue weighted by atomic mass is 32.2. The number of hydrogen-bond donors (Lipinski definition) is 1. The standard InChI is InChI=1S/C10H19NOS/c1-7(2)6-13-8(3)10(12)11-9-4-5-9/h7-9H,4-6H2,1-3H3,(H,11,12). The van der Waals surface area contributed by atoms with Crippen molar-refractivity contribution in [2.24, 2.45) is 5.92 Å². The summed E-state index contributed by atoms with van der Waals surface area (Å²) in [5.41, 5.74) is 0. The largest absolute Gasteiger partial charge is 0.352 e. The lowest BCUT2D eigenvalue weighted by Gasteiger charge is -2.12. The van der Waals surface area contributed by atoms with Gasteiger partial charge in [-0.25, -0.2) is 0 Å². The van der Waals surface area contributed by atoms with E-state index in [1.807, 2.05) is 6.92 Å². The van der Waals surface area contributed by atoms with Crippen molar-refractivity contribution in [1.29, 1.82) is 0 Å². The van der Waals surface area contributed by atoms with Gasteiger partial charge in [-0.05, 0) is 31.4 Å². The maximum absolute atomic E-state index is 11.5. The van der Waals surface area contributed by atoms with Crippen molar-refractivity contribution in [2.45, 2.75) is 44.9 Å². The summed E-state index contributed by atoms with van der Waals surface area (Å²) < 4.78 is 0. The van der Waals surface area contributed by atoms with E-state index in [-0.39, 0.29) is 11.2 Å². The Morgan fingerprint density at radius 1 is 1.46 bits per heavy atom. The number of amides is 1. The van der Waals surface area contributed by atoms with Gasteiger partial charge in [0.2, 0.25) is 5.91 Å². The van der Waals surface area contributed by atoms with Crippen molar-refractivity contribution < 1.29 is 4.79 Å². The summed E-state index contributed by atoms with van der Waals surface area (Å²) in [6.07, 6.45) is 2.35. The third kappa shape index (κ3) is 4.55. The first-order valence-electron chi connectivity index (χ1n) is 5.01. The van der Waals surface area contributed by atoms with Crippen molar-refractivity contribution in [3.05, 3.63) is 0 Å². The molecule has 0 aromatic carbocycles. The third-order valence-corrected chi connectivity index (χ3v) is 3.55. The van der Waals surface area contributed by atoms with E-state index in [1.54, 1.807) is 11.8 Å². The van der Waals surface area contributed by atoms with E-state index >= 15 is 0 Å². The van der Waals surface area contributed by atoms with Gasteiger partial charge in [0.25, 0.3) is 0 Å². The Hall–Kier alpha value is -0.180. The molecule has 0 heterocycles. The first-order valence-corrected chi connectivity index (χ1v) is 6.06. The maximum atomic E-state index is 11.5. The molecule has 1 fully saturated rings. The molecule has 76 valence electrons. The summed E-state index contributed by atoms with van der Waals surface area (Å²) >= 11 is 1.75. The Morgan fingerprint density at radius 2 is 2.08 bits per heavy atom. The van der Waals surface area contributed by atoms with Gasteiger partial charge in [-0.2, -0.15) is 0 Å². The number of nitrogens with one attached hydrogen (secondary N) is 1. The van der Waals surface area contributed by atoms with Crippen LogP contribution >= 0.6 is 11.8 Å². The first kappa shape index (κ1) is 10.9. The molecule has 0 aliphatic heterocycles. The van der Waals surface area contributed by atoms with Crippen LogP contribution in [-0.4, -0.2) is 23.0 Å². The van der Waals surface area contributed by atoms with Gasteiger partial charge in [0.1, 0.15) is 0 Å². The molecule has 1 aliphatic rings. The Labute approximate surface area is 84.9 Å². The first-order chi connectivity index (χ1) is 6.09. The number of carbonyl (C=O) groups excluding carboxylic acids is 1. The van der Waals surface area contributed by atoms with Crippen molar-refractivity contribution >= 4 is 17.7 Å². The molecule has 0 bridgehead atoms. The highest BCUT2D eigenvalue weighted by Crippen LogP contribution is 2.21. The number of hydrogen-bond acceptors (Lipinski definition) is 2. The molecule has 0 aromatic heterocycles. The maximum Gasteiger partial charge on any atom is 0.233 e. The Bertz CT molecular complexity index is 178. The molecular weight excluding hydrogens is 182 g/mol. The minimum atomic E-state index is 0.114. The van der Waals surface area contributed by atoms with Gasteiger partial charge >= 0.3 is 0 Å². The number of thioether (sulfide) groups is 1. The van der Waals surface area contributed by atoms with Crippen molar-refractivity contribution in [3.8, 4) is 0 Å². The molecule has 0 aromatic rings. The molecule has 0 saturated heterocycles. The van der Waals surface area contributed by atoms with E-state index in [1.165, 1.54) is 12.8 Å². The second-order valence-electron chi connectivity index (χ2n) is 4.15. The predicted octanol–water partition coefficient (Wildman–Crippen LogP) is 2.04. The molecule has 13 heavy (non-hydrogen) atoms. The minimum absolute atomic E-state index is 0.114. The van der Waals surface area contributed by atoms with Crippen LogP contribution in [0.3, 0.4) is 0 Å². The lowest BCUT2D eigenvalue weighted by Crippen LogP contribution is -2.32. The molecule has 0 spiro atoms. The second kappa shape index (κ2) is 4.89. The Balaban J connectivity index is 2.12. The predicted molar refractivity (Wildman–Crippen MR) is 57.9 cm³/mol. The van der Waals surface area contributed by atoms with E-state index in [9.17, 15) is 4.79 Å². The van der Waals surface area contributed by atoms with Crippen molar-refractivity contribution in [3.63, 3.8) is 0 Å². The third-order valence-electron chi connectivity index (χ3n) is 1.97. The summed E-state index contributed by atoms with van der Waals surface area (Å²) in [5, 5.41) is 3.13. The van der Waals surface area contributed by atoms with Gasteiger partial charge in [0.15, 0.2) is 0 Å². The lowest BCUT2D eigenvalue weighted by atomic mass is 10.3. The van der Waals surface area contributed by atoms with E-state index in [0.29, 0.717) is 12.0 Å². The van der Waals surface area contributed by atoms with Crippen molar-refractivity contribution in [2.75, 3.05) is 5.75 Å². The Kier molecular flexibility index (Phi) is 4.10. The van der Waals surface area contributed by atoms with Gasteiger partial charge in [0, 0.05) is 6.04 Å². The monoisotopic (exact) mass is 201 g/mol. The van der Waals surface area contributed by atoms with Gasteiger partial charge in [-0.15, -0.1) is 11.8 Å². The SMILES string of the molecule is CC(C)CSC(C)C(=O)NC1CC1. The zero-order valence-corrected chi connectivity index (χ0v) is 9.49. The molecule has 3 heteroatoms. The molecule has 1 unspecified atom stereocenters. The van der Waals surface area contributed by atoms with E-state index in [4.69, 9.17) is 0 Å².